The van der Waals surface area contributed by atoms with Gasteiger partial charge in [-0.2, -0.15) is 0 Å². The monoisotopic (exact) mass is 404 g/mol. The third-order valence-corrected chi connectivity index (χ3v) is 5.29. The van der Waals surface area contributed by atoms with Gasteiger partial charge in [0.2, 0.25) is 5.91 Å². The molecule has 0 aliphatic carbocycles. The SMILES string of the molecule is O=C(/C=C/c1cccc(Cl)c1Cl)NC(CN1CCOCC1)c1ccccc1. The molecule has 1 unspecified atom stereocenters. The van der Waals surface area contributed by atoms with E-state index < -0.39 is 0 Å². The average molecular weight is 405 g/mol. The quantitative estimate of drug-likeness (QED) is 0.733. The number of benzene rings is 2. The van der Waals surface area contributed by atoms with Gasteiger partial charge in [-0.25, -0.2) is 0 Å². The first-order valence-corrected chi connectivity index (χ1v) is 9.67. The third-order valence-electron chi connectivity index (χ3n) is 4.46. The van der Waals surface area contributed by atoms with Crippen LogP contribution >= 0.6 is 23.2 Å². The molecule has 0 saturated carbocycles. The topological polar surface area (TPSA) is 41.6 Å². The Morgan fingerprint density at radius 1 is 1.11 bits per heavy atom. The van der Waals surface area contributed by atoms with Crippen LogP contribution < -0.4 is 5.32 Å². The fourth-order valence-electron chi connectivity index (χ4n) is 3.00. The Bertz CT molecular complexity index is 790. The van der Waals surface area contributed by atoms with E-state index in [1.54, 1.807) is 18.2 Å². The second-order valence-electron chi connectivity index (χ2n) is 6.36. The number of ether oxygens (including phenoxy) is 1. The number of nitrogens with one attached hydrogen (secondary N) is 1. The van der Waals surface area contributed by atoms with Crippen LogP contribution in [0.5, 0.6) is 0 Å². The molecular weight excluding hydrogens is 383 g/mol. The molecule has 2 aromatic rings. The summed E-state index contributed by atoms with van der Waals surface area (Å²) in [6, 6.07) is 15.2. The Hall–Kier alpha value is -1.85. The predicted molar refractivity (Wildman–Crippen MR) is 110 cm³/mol. The lowest BCUT2D eigenvalue weighted by molar-refractivity contribution is -0.117. The number of rotatable bonds is 6. The van der Waals surface area contributed by atoms with Gasteiger partial charge in [0.25, 0.3) is 0 Å². The molecule has 1 atom stereocenters. The molecule has 4 nitrogen and oxygen atoms in total. The highest BCUT2D eigenvalue weighted by atomic mass is 35.5. The van der Waals surface area contributed by atoms with Crippen LogP contribution in [-0.4, -0.2) is 43.7 Å². The first kappa shape index (κ1) is 19.9. The van der Waals surface area contributed by atoms with Crippen LogP contribution in [0.15, 0.2) is 54.6 Å². The number of halogens is 2. The van der Waals surface area contributed by atoms with Crippen LogP contribution in [0, 0.1) is 0 Å². The molecule has 0 spiro atoms. The van der Waals surface area contributed by atoms with Gasteiger partial charge in [-0.1, -0.05) is 65.7 Å². The van der Waals surface area contributed by atoms with Crippen molar-refractivity contribution >= 4 is 35.2 Å². The second-order valence-corrected chi connectivity index (χ2v) is 7.15. The van der Waals surface area contributed by atoms with E-state index in [-0.39, 0.29) is 11.9 Å². The number of amides is 1. The highest BCUT2D eigenvalue weighted by Crippen LogP contribution is 2.26. The van der Waals surface area contributed by atoms with Crippen molar-refractivity contribution in [2.24, 2.45) is 0 Å². The first-order chi connectivity index (χ1) is 13.1. The molecule has 0 bridgehead atoms. The van der Waals surface area contributed by atoms with E-state index >= 15 is 0 Å². The van der Waals surface area contributed by atoms with Crippen molar-refractivity contribution in [2.45, 2.75) is 6.04 Å². The lowest BCUT2D eigenvalue weighted by Gasteiger charge is -2.31. The van der Waals surface area contributed by atoms with Gasteiger partial charge < -0.3 is 10.1 Å². The van der Waals surface area contributed by atoms with E-state index in [9.17, 15) is 4.79 Å². The Balaban J connectivity index is 1.69. The third kappa shape index (κ3) is 5.81. The number of hydrogen-bond acceptors (Lipinski definition) is 3. The minimum absolute atomic E-state index is 0.101. The van der Waals surface area contributed by atoms with E-state index in [0.717, 1.165) is 38.4 Å². The van der Waals surface area contributed by atoms with Gasteiger partial charge >= 0.3 is 0 Å². The zero-order chi connectivity index (χ0) is 19.1. The van der Waals surface area contributed by atoms with Crippen LogP contribution in [-0.2, 0) is 9.53 Å². The molecule has 1 fully saturated rings. The largest absolute Gasteiger partial charge is 0.379 e. The Morgan fingerprint density at radius 3 is 2.59 bits per heavy atom. The first-order valence-electron chi connectivity index (χ1n) is 8.91. The van der Waals surface area contributed by atoms with E-state index in [4.69, 9.17) is 27.9 Å². The average Bonchev–Trinajstić information content (AvgIpc) is 2.70. The van der Waals surface area contributed by atoms with Crippen LogP contribution in [0.4, 0.5) is 0 Å². The van der Waals surface area contributed by atoms with Gasteiger partial charge in [-0.3, -0.25) is 9.69 Å². The maximum Gasteiger partial charge on any atom is 0.244 e. The number of carbonyl (C=O) groups is 1. The van der Waals surface area contributed by atoms with E-state index in [0.29, 0.717) is 15.6 Å². The van der Waals surface area contributed by atoms with Crippen molar-refractivity contribution in [3.63, 3.8) is 0 Å². The summed E-state index contributed by atoms with van der Waals surface area (Å²) in [7, 11) is 0. The molecule has 1 aliphatic heterocycles. The molecule has 0 radical (unpaired) electrons. The summed E-state index contributed by atoms with van der Waals surface area (Å²) in [5.74, 6) is -0.173. The summed E-state index contributed by atoms with van der Waals surface area (Å²) in [5, 5.41) is 4.01. The molecule has 1 N–H and O–H groups in total. The summed E-state index contributed by atoms with van der Waals surface area (Å²) >= 11 is 12.2. The van der Waals surface area contributed by atoms with Gasteiger partial charge in [0, 0.05) is 25.7 Å². The van der Waals surface area contributed by atoms with Crippen molar-refractivity contribution < 1.29 is 9.53 Å². The summed E-state index contributed by atoms with van der Waals surface area (Å²) in [4.78, 5) is 14.8. The Labute approximate surface area is 169 Å². The fraction of sp³-hybridized carbons (Fsp3) is 0.286. The number of hydrogen-bond donors (Lipinski definition) is 1. The zero-order valence-electron chi connectivity index (χ0n) is 14.9. The van der Waals surface area contributed by atoms with Crippen LogP contribution in [0.25, 0.3) is 6.08 Å². The maximum atomic E-state index is 12.5. The smallest absolute Gasteiger partial charge is 0.244 e. The molecule has 1 aliphatic rings. The minimum atomic E-state index is -0.173. The highest BCUT2D eigenvalue weighted by Gasteiger charge is 2.19. The number of morpholine rings is 1. The normalized spacial score (nSPS) is 16.4. The van der Waals surface area contributed by atoms with Crippen molar-refractivity contribution in [3.8, 4) is 0 Å². The lowest BCUT2D eigenvalue weighted by atomic mass is 10.1. The fourth-order valence-corrected chi connectivity index (χ4v) is 3.37. The molecule has 0 aromatic heterocycles. The molecule has 1 amide bonds. The van der Waals surface area contributed by atoms with Crippen LogP contribution in [0.1, 0.15) is 17.2 Å². The molecule has 1 saturated heterocycles. The van der Waals surface area contributed by atoms with Crippen molar-refractivity contribution in [3.05, 3.63) is 75.8 Å². The number of nitrogens with zero attached hydrogens (tertiary/aromatic N) is 1. The van der Waals surface area contributed by atoms with Gasteiger partial charge in [-0.05, 0) is 23.3 Å². The molecule has 27 heavy (non-hydrogen) atoms. The van der Waals surface area contributed by atoms with Crippen molar-refractivity contribution in [1.82, 2.24) is 10.2 Å². The number of carbonyl (C=O) groups excluding carboxylic acids is 1. The van der Waals surface area contributed by atoms with Crippen molar-refractivity contribution in [1.29, 1.82) is 0 Å². The predicted octanol–water partition coefficient (Wildman–Crippen LogP) is 4.20. The molecule has 1 heterocycles. The Kier molecular flexibility index (Phi) is 7.30. The van der Waals surface area contributed by atoms with Crippen molar-refractivity contribution in [2.75, 3.05) is 32.8 Å². The van der Waals surface area contributed by atoms with Gasteiger partial charge in [0.15, 0.2) is 0 Å². The Morgan fingerprint density at radius 2 is 1.85 bits per heavy atom. The van der Waals surface area contributed by atoms with Crippen LogP contribution in [0.2, 0.25) is 10.0 Å². The maximum absolute atomic E-state index is 12.5. The van der Waals surface area contributed by atoms with E-state index in [1.807, 2.05) is 36.4 Å². The summed E-state index contributed by atoms with van der Waals surface area (Å²) in [6.07, 6.45) is 3.17. The lowest BCUT2D eigenvalue weighted by Crippen LogP contribution is -2.42. The van der Waals surface area contributed by atoms with E-state index in [2.05, 4.69) is 10.2 Å². The van der Waals surface area contributed by atoms with E-state index in [1.165, 1.54) is 6.08 Å². The summed E-state index contributed by atoms with van der Waals surface area (Å²) < 4.78 is 5.41. The van der Waals surface area contributed by atoms with Gasteiger partial charge in [0.1, 0.15) is 0 Å². The second kappa shape index (κ2) is 9.90. The zero-order valence-corrected chi connectivity index (χ0v) is 16.4. The standard InChI is InChI=1S/C21H22Cl2N2O2/c22-18-8-4-7-17(21(18)23)9-10-20(26)24-19(16-5-2-1-3-6-16)15-25-11-13-27-14-12-25/h1-10,19H,11-15H2,(H,24,26)/b10-9+. The molecule has 2 aromatic carbocycles. The molecule has 142 valence electrons. The minimum Gasteiger partial charge on any atom is -0.379 e. The molecule has 3 rings (SSSR count). The molecule has 6 heteroatoms. The summed E-state index contributed by atoms with van der Waals surface area (Å²) in [6.45, 7) is 3.93. The molecular formula is C21H22Cl2N2O2. The van der Waals surface area contributed by atoms with Gasteiger partial charge in [-0.15, -0.1) is 0 Å². The van der Waals surface area contributed by atoms with Gasteiger partial charge in [0.05, 0.1) is 29.3 Å². The highest BCUT2D eigenvalue weighted by molar-refractivity contribution is 6.42. The van der Waals surface area contributed by atoms with Crippen LogP contribution in [0.3, 0.4) is 0 Å². The summed E-state index contributed by atoms with van der Waals surface area (Å²) in [5.41, 5.74) is 1.79.